The van der Waals surface area contributed by atoms with Crippen molar-refractivity contribution in [1.82, 2.24) is 0 Å². The third-order valence-corrected chi connectivity index (χ3v) is 3.79. The minimum absolute atomic E-state index is 1.11. The average molecular weight is 273 g/mol. The van der Waals surface area contributed by atoms with Crippen molar-refractivity contribution in [1.29, 1.82) is 0 Å². The molecule has 0 unspecified atom stereocenters. The van der Waals surface area contributed by atoms with Crippen LogP contribution in [0.15, 0.2) is 72.8 Å². The van der Waals surface area contributed by atoms with Crippen molar-refractivity contribution < 1.29 is 0 Å². The molecule has 0 spiro atoms. The van der Waals surface area contributed by atoms with Gasteiger partial charge in [0, 0.05) is 11.4 Å². The Morgan fingerprint density at radius 1 is 0.571 bits per heavy atom. The third kappa shape index (κ3) is 3.14. The zero-order valence-electron chi connectivity index (χ0n) is 12.4. The van der Waals surface area contributed by atoms with E-state index in [4.69, 9.17) is 0 Å². The highest BCUT2D eigenvalue weighted by Gasteiger charge is 1.99. The van der Waals surface area contributed by atoms with Crippen LogP contribution in [0.25, 0.3) is 11.1 Å². The van der Waals surface area contributed by atoms with Crippen LogP contribution in [0.1, 0.15) is 11.1 Å². The van der Waals surface area contributed by atoms with Gasteiger partial charge in [0.1, 0.15) is 0 Å². The second kappa shape index (κ2) is 5.84. The second-order valence-electron chi connectivity index (χ2n) is 5.37. The molecular formula is C20H19N. The molecule has 1 nitrogen and oxygen atoms in total. The Bertz CT molecular complexity index is 728. The van der Waals surface area contributed by atoms with E-state index in [0.717, 1.165) is 11.4 Å². The molecule has 21 heavy (non-hydrogen) atoms. The largest absolute Gasteiger partial charge is 0.356 e. The Morgan fingerprint density at radius 3 is 1.86 bits per heavy atom. The molecule has 1 heteroatoms. The molecule has 0 aliphatic heterocycles. The van der Waals surface area contributed by atoms with E-state index in [1.807, 2.05) is 6.07 Å². The summed E-state index contributed by atoms with van der Waals surface area (Å²) in [5.74, 6) is 0. The van der Waals surface area contributed by atoms with E-state index in [-0.39, 0.29) is 0 Å². The molecule has 0 saturated heterocycles. The summed E-state index contributed by atoms with van der Waals surface area (Å²) in [5.41, 5.74) is 7.35. The lowest BCUT2D eigenvalue weighted by molar-refractivity contribution is 1.34. The lowest BCUT2D eigenvalue weighted by Crippen LogP contribution is -1.91. The smallest absolute Gasteiger partial charge is 0.0387 e. The van der Waals surface area contributed by atoms with Crippen molar-refractivity contribution in [3.63, 3.8) is 0 Å². The number of benzene rings is 3. The summed E-state index contributed by atoms with van der Waals surface area (Å²) in [6.07, 6.45) is 0. The van der Waals surface area contributed by atoms with Crippen molar-refractivity contribution in [3.05, 3.63) is 83.9 Å². The first-order valence-corrected chi connectivity index (χ1v) is 7.22. The molecule has 0 aliphatic carbocycles. The zero-order chi connectivity index (χ0) is 14.7. The first kappa shape index (κ1) is 13.4. The fourth-order valence-electron chi connectivity index (χ4n) is 2.36. The van der Waals surface area contributed by atoms with Crippen LogP contribution in [0.4, 0.5) is 11.4 Å². The Hall–Kier alpha value is -2.54. The maximum atomic E-state index is 3.45. The van der Waals surface area contributed by atoms with Gasteiger partial charge >= 0.3 is 0 Å². The van der Waals surface area contributed by atoms with E-state index in [9.17, 15) is 0 Å². The second-order valence-corrected chi connectivity index (χ2v) is 5.37. The molecule has 0 amide bonds. The minimum atomic E-state index is 1.11. The molecule has 0 aliphatic rings. The van der Waals surface area contributed by atoms with E-state index in [1.54, 1.807) is 0 Å². The van der Waals surface area contributed by atoms with Crippen LogP contribution in [0.3, 0.4) is 0 Å². The van der Waals surface area contributed by atoms with Crippen LogP contribution in [0, 0.1) is 13.8 Å². The Labute approximate surface area is 126 Å². The molecule has 3 rings (SSSR count). The number of aryl methyl sites for hydroxylation is 2. The minimum Gasteiger partial charge on any atom is -0.356 e. The van der Waals surface area contributed by atoms with Crippen LogP contribution in [0.5, 0.6) is 0 Å². The molecule has 0 atom stereocenters. The van der Waals surface area contributed by atoms with Gasteiger partial charge in [0.05, 0.1) is 0 Å². The number of nitrogens with one attached hydrogen (secondary N) is 1. The summed E-state index contributed by atoms with van der Waals surface area (Å²) >= 11 is 0. The van der Waals surface area contributed by atoms with Crippen molar-refractivity contribution in [2.24, 2.45) is 0 Å². The lowest BCUT2D eigenvalue weighted by atomic mass is 10.1. The van der Waals surface area contributed by atoms with Crippen LogP contribution >= 0.6 is 0 Å². The Kier molecular flexibility index (Phi) is 3.74. The predicted molar refractivity (Wildman–Crippen MR) is 91.1 cm³/mol. The van der Waals surface area contributed by atoms with Crippen molar-refractivity contribution in [3.8, 4) is 11.1 Å². The first-order valence-electron chi connectivity index (χ1n) is 7.22. The van der Waals surface area contributed by atoms with Crippen LogP contribution in [0.2, 0.25) is 0 Å². The average Bonchev–Trinajstić information content (AvgIpc) is 2.53. The molecule has 0 radical (unpaired) electrons. The first-order chi connectivity index (χ1) is 10.2. The van der Waals surface area contributed by atoms with Gasteiger partial charge in [-0.15, -0.1) is 0 Å². The van der Waals surface area contributed by atoms with Gasteiger partial charge in [0.15, 0.2) is 0 Å². The van der Waals surface area contributed by atoms with Gasteiger partial charge < -0.3 is 5.32 Å². The van der Waals surface area contributed by atoms with Crippen LogP contribution in [-0.2, 0) is 0 Å². The topological polar surface area (TPSA) is 12.0 Å². The van der Waals surface area contributed by atoms with Gasteiger partial charge in [-0.1, -0.05) is 48.5 Å². The van der Waals surface area contributed by atoms with Gasteiger partial charge in [-0.25, -0.2) is 0 Å². The third-order valence-electron chi connectivity index (χ3n) is 3.79. The van der Waals surface area contributed by atoms with Crippen molar-refractivity contribution in [2.75, 3.05) is 5.32 Å². The summed E-state index contributed by atoms with van der Waals surface area (Å²) in [6, 6.07) is 25.4. The van der Waals surface area contributed by atoms with E-state index >= 15 is 0 Å². The molecule has 3 aromatic rings. The van der Waals surface area contributed by atoms with E-state index < -0.39 is 0 Å². The summed E-state index contributed by atoms with van der Waals surface area (Å²) in [6.45, 7) is 4.27. The molecule has 0 aromatic heterocycles. The monoisotopic (exact) mass is 273 g/mol. The van der Waals surface area contributed by atoms with E-state index in [0.29, 0.717) is 0 Å². The summed E-state index contributed by atoms with van der Waals surface area (Å²) < 4.78 is 0. The van der Waals surface area contributed by atoms with E-state index in [2.05, 4.69) is 85.9 Å². The molecule has 1 N–H and O–H groups in total. The molecule has 0 saturated carbocycles. The van der Waals surface area contributed by atoms with Crippen molar-refractivity contribution in [2.45, 2.75) is 13.8 Å². The predicted octanol–water partition coefficient (Wildman–Crippen LogP) is 5.71. The highest BCUT2D eigenvalue weighted by molar-refractivity contribution is 5.68. The molecule has 3 aromatic carbocycles. The van der Waals surface area contributed by atoms with Gasteiger partial charge in [-0.3, -0.25) is 0 Å². The summed E-state index contributed by atoms with van der Waals surface area (Å²) in [5, 5.41) is 3.45. The summed E-state index contributed by atoms with van der Waals surface area (Å²) in [4.78, 5) is 0. The Morgan fingerprint density at radius 2 is 1.19 bits per heavy atom. The molecular weight excluding hydrogens is 254 g/mol. The van der Waals surface area contributed by atoms with Gasteiger partial charge in [-0.05, 0) is 60.4 Å². The quantitative estimate of drug-likeness (QED) is 0.644. The highest BCUT2D eigenvalue weighted by atomic mass is 14.9. The number of hydrogen-bond donors (Lipinski definition) is 1. The van der Waals surface area contributed by atoms with E-state index in [1.165, 1.54) is 22.3 Å². The maximum absolute atomic E-state index is 3.45. The molecule has 0 heterocycles. The summed E-state index contributed by atoms with van der Waals surface area (Å²) in [7, 11) is 0. The maximum Gasteiger partial charge on any atom is 0.0387 e. The number of hydrogen-bond acceptors (Lipinski definition) is 1. The molecule has 0 bridgehead atoms. The van der Waals surface area contributed by atoms with Gasteiger partial charge in [0.25, 0.3) is 0 Å². The standard InChI is InChI=1S/C20H19N/c1-15-8-11-20(14-16(15)2)21-19-12-9-18(10-13-19)17-6-4-3-5-7-17/h3-14,21H,1-2H3. The normalized spacial score (nSPS) is 10.4. The Balaban J connectivity index is 1.80. The van der Waals surface area contributed by atoms with Gasteiger partial charge in [-0.2, -0.15) is 0 Å². The highest BCUT2D eigenvalue weighted by Crippen LogP contribution is 2.24. The number of anilines is 2. The van der Waals surface area contributed by atoms with Gasteiger partial charge in [0.2, 0.25) is 0 Å². The van der Waals surface area contributed by atoms with Crippen LogP contribution < -0.4 is 5.32 Å². The SMILES string of the molecule is Cc1ccc(Nc2ccc(-c3ccccc3)cc2)cc1C. The van der Waals surface area contributed by atoms with Crippen molar-refractivity contribution >= 4 is 11.4 Å². The van der Waals surface area contributed by atoms with Crippen LogP contribution in [-0.4, -0.2) is 0 Å². The fraction of sp³-hybridized carbons (Fsp3) is 0.100. The number of rotatable bonds is 3. The molecule has 0 fully saturated rings. The molecule has 104 valence electrons. The lowest BCUT2D eigenvalue weighted by Gasteiger charge is -2.09. The fourth-order valence-corrected chi connectivity index (χ4v) is 2.36. The zero-order valence-corrected chi connectivity index (χ0v) is 12.4.